The number of carboxylic acids is 1. The molecular formula is C22H37NO4Si2. The van der Waals surface area contributed by atoms with Crippen molar-refractivity contribution in [1.82, 2.24) is 5.32 Å². The maximum Gasteiger partial charge on any atom is 0.408 e. The summed E-state index contributed by atoms with van der Waals surface area (Å²) in [6.07, 6.45) is 1.71. The first-order valence-corrected chi connectivity index (χ1v) is 17.1. The molecule has 1 aromatic carbocycles. The average molecular weight is 436 g/mol. The molecule has 0 aliphatic carbocycles. The summed E-state index contributed by atoms with van der Waals surface area (Å²) < 4.78 is 5.21. The Morgan fingerprint density at radius 2 is 1.72 bits per heavy atom. The Balaban J connectivity index is 3.15. The van der Waals surface area contributed by atoms with Crippen molar-refractivity contribution in [2.75, 3.05) is 0 Å². The molecule has 0 bridgehead atoms. The van der Waals surface area contributed by atoms with Gasteiger partial charge < -0.3 is 15.2 Å². The van der Waals surface area contributed by atoms with Gasteiger partial charge in [-0.25, -0.2) is 9.59 Å². The highest BCUT2D eigenvalue weighted by atomic mass is 28.3. The van der Waals surface area contributed by atoms with Crippen molar-refractivity contribution in [3.8, 4) is 0 Å². The summed E-state index contributed by atoms with van der Waals surface area (Å²) in [6.45, 7) is 19.0. The second-order valence-corrected chi connectivity index (χ2v) is 20.7. The molecule has 0 heterocycles. The number of hydrogen-bond acceptors (Lipinski definition) is 3. The lowest BCUT2D eigenvalue weighted by molar-refractivity contribution is -0.139. The molecule has 0 saturated heterocycles. The highest BCUT2D eigenvalue weighted by Gasteiger charge is 2.26. The summed E-state index contributed by atoms with van der Waals surface area (Å²) in [5.74, 6) is -1.08. The van der Waals surface area contributed by atoms with Gasteiger partial charge in [0.05, 0.1) is 16.1 Å². The van der Waals surface area contributed by atoms with E-state index in [0.29, 0.717) is 0 Å². The minimum absolute atomic E-state index is 0.212. The molecule has 1 aromatic rings. The monoisotopic (exact) mass is 435 g/mol. The summed E-state index contributed by atoms with van der Waals surface area (Å²) in [6, 6.07) is 5.11. The molecule has 1 unspecified atom stereocenters. The highest BCUT2D eigenvalue weighted by molar-refractivity contribution is 6.89. The Morgan fingerprint density at radius 3 is 2.17 bits per heavy atom. The van der Waals surface area contributed by atoms with Crippen molar-refractivity contribution in [1.29, 1.82) is 0 Å². The van der Waals surface area contributed by atoms with Gasteiger partial charge in [0.1, 0.15) is 11.6 Å². The first kappa shape index (κ1) is 25.2. The van der Waals surface area contributed by atoms with Gasteiger partial charge >= 0.3 is 12.1 Å². The largest absolute Gasteiger partial charge is 0.480 e. The molecule has 0 fully saturated rings. The predicted molar refractivity (Wildman–Crippen MR) is 126 cm³/mol. The van der Waals surface area contributed by atoms with E-state index < -0.39 is 39.9 Å². The number of amides is 1. The lowest BCUT2D eigenvalue weighted by atomic mass is 10.0. The molecule has 0 aliphatic rings. The summed E-state index contributed by atoms with van der Waals surface area (Å²) in [7, 11) is -2.96. The number of ether oxygens (including phenoxy) is 1. The van der Waals surface area contributed by atoms with Gasteiger partial charge in [0.15, 0.2) is 0 Å². The van der Waals surface area contributed by atoms with Crippen LogP contribution in [0.4, 0.5) is 4.79 Å². The molecule has 2 N–H and O–H groups in total. The van der Waals surface area contributed by atoms with E-state index in [9.17, 15) is 14.7 Å². The molecule has 5 nitrogen and oxygen atoms in total. The quantitative estimate of drug-likeness (QED) is 0.612. The number of hydrogen-bond donors (Lipinski definition) is 2. The Hall–Kier alpha value is -1.87. The fraction of sp³-hybridized carbons (Fsp3) is 0.545. The minimum Gasteiger partial charge on any atom is -0.480 e. The maximum absolute atomic E-state index is 12.0. The lowest BCUT2D eigenvalue weighted by Gasteiger charge is -2.24. The molecule has 1 rings (SSSR count). The Morgan fingerprint density at radius 1 is 1.14 bits per heavy atom. The van der Waals surface area contributed by atoms with E-state index in [-0.39, 0.29) is 6.42 Å². The van der Waals surface area contributed by atoms with Crippen molar-refractivity contribution >= 4 is 39.5 Å². The van der Waals surface area contributed by atoms with Crippen LogP contribution in [0.1, 0.15) is 31.9 Å². The van der Waals surface area contributed by atoms with Crippen LogP contribution >= 0.6 is 0 Å². The van der Waals surface area contributed by atoms with Crippen molar-refractivity contribution in [3.63, 3.8) is 0 Å². The predicted octanol–water partition coefficient (Wildman–Crippen LogP) is 4.64. The van der Waals surface area contributed by atoms with E-state index in [1.165, 1.54) is 10.8 Å². The molecule has 1 amide bonds. The number of benzene rings is 1. The van der Waals surface area contributed by atoms with Crippen LogP contribution in [-0.2, 0) is 16.0 Å². The van der Waals surface area contributed by atoms with E-state index in [1.807, 2.05) is 6.07 Å². The van der Waals surface area contributed by atoms with Gasteiger partial charge in [-0.05, 0) is 31.9 Å². The van der Waals surface area contributed by atoms with Crippen LogP contribution in [0.5, 0.6) is 0 Å². The van der Waals surface area contributed by atoms with Crippen LogP contribution in [0.25, 0.3) is 6.08 Å². The van der Waals surface area contributed by atoms with Gasteiger partial charge in [0, 0.05) is 6.42 Å². The molecule has 0 radical (unpaired) electrons. The van der Waals surface area contributed by atoms with Crippen molar-refractivity contribution < 1.29 is 19.4 Å². The smallest absolute Gasteiger partial charge is 0.408 e. The molecule has 0 saturated carbocycles. The second-order valence-electron chi connectivity index (χ2n) is 10.6. The third kappa shape index (κ3) is 9.45. The fourth-order valence-electron chi connectivity index (χ4n) is 2.75. The van der Waals surface area contributed by atoms with Crippen LogP contribution in [0.2, 0.25) is 39.3 Å². The van der Waals surface area contributed by atoms with Crippen molar-refractivity contribution in [2.24, 2.45) is 0 Å². The van der Waals surface area contributed by atoms with Crippen LogP contribution in [-0.4, -0.2) is 45.0 Å². The topological polar surface area (TPSA) is 75.6 Å². The van der Waals surface area contributed by atoms with Gasteiger partial charge in [-0.1, -0.05) is 74.4 Å². The number of carboxylic acid groups (broad SMARTS) is 1. The molecule has 29 heavy (non-hydrogen) atoms. The van der Waals surface area contributed by atoms with Gasteiger partial charge in [0.2, 0.25) is 0 Å². The van der Waals surface area contributed by atoms with E-state index in [1.54, 1.807) is 20.8 Å². The molecule has 1 atom stereocenters. The zero-order valence-corrected chi connectivity index (χ0v) is 21.3. The molecule has 0 aromatic heterocycles. The van der Waals surface area contributed by atoms with Crippen LogP contribution in [0, 0.1) is 0 Å². The van der Waals surface area contributed by atoms with E-state index in [4.69, 9.17) is 4.74 Å². The summed E-state index contributed by atoms with van der Waals surface area (Å²) >= 11 is 0. The zero-order chi connectivity index (χ0) is 22.6. The van der Waals surface area contributed by atoms with Gasteiger partial charge in [-0.15, -0.1) is 0 Å². The third-order valence-electron chi connectivity index (χ3n) is 4.12. The Kier molecular flexibility index (Phi) is 8.07. The highest BCUT2D eigenvalue weighted by Crippen LogP contribution is 2.15. The maximum atomic E-state index is 12.0. The Labute approximate surface area is 177 Å². The van der Waals surface area contributed by atoms with Crippen molar-refractivity contribution in [3.05, 3.63) is 35.0 Å². The minimum atomic E-state index is -1.64. The first-order valence-electron chi connectivity index (χ1n) is 10.0. The average Bonchev–Trinajstić information content (AvgIpc) is 2.49. The SMILES string of the molecule is CC(C)(C)OC(=O)NC(Cc1ccc(/C=C\[Si](C)(C)C)c([Si](C)(C)C)c1)C(=O)O. The number of carbonyl (C=O) groups is 2. The Bertz CT molecular complexity index is 768. The van der Waals surface area contributed by atoms with E-state index in [2.05, 4.69) is 68.5 Å². The van der Waals surface area contributed by atoms with Gasteiger partial charge in [-0.3, -0.25) is 0 Å². The molecule has 0 aliphatic heterocycles. The molecular weight excluding hydrogens is 398 g/mol. The zero-order valence-electron chi connectivity index (χ0n) is 19.3. The summed E-state index contributed by atoms with van der Waals surface area (Å²) in [4.78, 5) is 23.7. The number of aliphatic carboxylic acids is 1. The van der Waals surface area contributed by atoms with Crippen molar-refractivity contribution in [2.45, 2.75) is 78.1 Å². The van der Waals surface area contributed by atoms with Gasteiger partial charge in [0.25, 0.3) is 0 Å². The van der Waals surface area contributed by atoms with Crippen LogP contribution < -0.4 is 10.5 Å². The molecule has 0 spiro atoms. The normalized spacial score (nSPS) is 14.0. The standard InChI is InChI=1S/C22H37NO4Si2/c1-22(2,3)27-21(26)23-18(20(24)25)14-16-10-11-17(12-13-28(4,5)6)19(15-16)29(7,8)9/h10-13,15,18H,14H2,1-9H3,(H,23,26)(H,24,25)/b13-12-. The van der Waals surface area contributed by atoms with Crippen LogP contribution in [0.3, 0.4) is 0 Å². The van der Waals surface area contributed by atoms with E-state index >= 15 is 0 Å². The van der Waals surface area contributed by atoms with Crippen LogP contribution in [0.15, 0.2) is 23.9 Å². The fourth-order valence-corrected chi connectivity index (χ4v) is 5.08. The number of alkyl carbamates (subject to hydrolysis) is 1. The number of carbonyl (C=O) groups excluding carboxylic acids is 1. The number of rotatable bonds is 7. The summed E-state index contributed by atoms with van der Waals surface area (Å²) in [5.41, 5.74) is 3.76. The first-order chi connectivity index (χ1) is 13.0. The lowest BCUT2D eigenvalue weighted by Crippen LogP contribution is -2.45. The summed E-state index contributed by atoms with van der Waals surface area (Å²) in [5, 5.41) is 13.3. The number of nitrogens with one attached hydrogen (secondary N) is 1. The van der Waals surface area contributed by atoms with E-state index in [0.717, 1.165) is 5.56 Å². The molecule has 162 valence electrons. The van der Waals surface area contributed by atoms with Gasteiger partial charge in [-0.2, -0.15) is 0 Å². The third-order valence-corrected chi connectivity index (χ3v) is 7.33. The molecule has 7 heteroatoms. The second kappa shape index (κ2) is 9.30.